The van der Waals surface area contributed by atoms with Gasteiger partial charge in [0.15, 0.2) is 0 Å². The smallest absolute Gasteiger partial charge is 0.263 e. The summed E-state index contributed by atoms with van der Waals surface area (Å²) in [4.78, 5) is 20.5. The van der Waals surface area contributed by atoms with Gasteiger partial charge in [0.2, 0.25) is 0 Å². The first-order valence-corrected chi connectivity index (χ1v) is 10.5. The molecule has 0 bridgehead atoms. The Morgan fingerprint density at radius 1 is 1.03 bits per heavy atom. The molecule has 4 rings (SSSR count). The molecule has 0 aliphatic rings. The van der Waals surface area contributed by atoms with E-state index in [0.29, 0.717) is 25.0 Å². The van der Waals surface area contributed by atoms with E-state index in [2.05, 4.69) is 50.2 Å². The molecule has 4 aromatic rings. The summed E-state index contributed by atoms with van der Waals surface area (Å²) >= 11 is 1.59. The fourth-order valence-corrected chi connectivity index (χ4v) is 4.69. The molecule has 0 saturated heterocycles. The Bertz CT molecular complexity index is 1190. The number of ether oxygens (including phenoxy) is 1. The molecule has 0 amide bonds. The second-order valence-corrected chi connectivity index (χ2v) is 8.42. The molecule has 0 N–H and O–H groups in total. The lowest BCUT2D eigenvalue weighted by molar-refractivity contribution is 0.185. The van der Waals surface area contributed by atoms with Crippen LogP contribution in [0.25, 0.3) is 21.3 Å². The fraction of sp³-hybridized carbons (Fsp3) is 0.250. The molecule has 0 spiro atoms. The van der Waals surface area contributed by atoms with Crippen LogP contribution in [-0.2, 0) is 17.7 Å². The van der Waals surface area contributed by atoms with Crippen LogP contribution < -0.4 is 5.56 Å². The molecular weight excluding hydrogens is 380 g/mol. The number of aryl methyl sites for hydroxylation is 2. The minimum Gasteiger partial charge on any atom is -0.383 e. The predicted octanol–water partition coefficient (Wildman–Crippen LogP) is 4.98. The number of benzene rings is 2. The Balaban J connectivity index is 1.92. The Morgan fingerprint density at radius 2 is 1.76 bits per heavy atom. The van der Waals surface area contributed by atoms with Crippen molar-refractivity contribution in [3.05, 3.63) is 86.8 Å². The third kappa shape index (κ3) is 3.88. The van der Waals surface area contributed by atoms with Crippen molar-refractivity contribution >= 4 is 21.6 Å². The van der Waals surface area contributed by atoms with Crippen molar-refractivity contribution < 1.29 is 4.74 Å². The van der Waals surface area contributed by atoms with Crippen molar-refractivity contribution in [1.82, 2.24) is 9.55 Å². The molecule has 0 radical (unpaired) electrons. The number of methoxy groups -OCH3 is 1. The number of aromatic nitrogens is 2. The van der Waals surface area contributed by atoms with Crippen molar-refractivity contribution in [2.24, 2.45) is 0 Å². The first-order chi connectivity index (χ1) is 14.1. The van der Waals surface area contributed by atoms with Gasteiger partial charge in [-0.05, 0) is 25.0 Å². The van der Waals surface area contributed by atoms with Crippen molar-refractivity contribution in [3.63, 3.8) is 0 Å². The molecule has 2 aromatic heterocycles. The number of hydrogen-bond donors (Lipinski definition) is 0. The zero-order chi connectivity index (χ0) is 20.4. The maximum absolute atomic E-state index is 13.6. The SMILES string of the molecule is COCCn1c(Cc2ccccc2)nc2sc(C)c(-c3ccc(C)cc3)c2c1=O. The van der Waals surface area contributed by atoms with Gasteiger partial charge in [0.1, 0.15) is 10.7 Å². The van der Waals surface area contributed by atoms with Crippen molar-refractivity contribution in [1.29, 1.82) is 0 Å². The van der Waals surface area contributed by atoms with Gasteiger partial charge >= 0.3 is 0 Å². The minimum atomic E-state index is 0.0120. The van der Waals surface area contributed by atoms with Crippen LogP contribution in [0.1, 0.15) is 21.8 Å². The Labute approximate surface area is 174 Å². The normalized spacial score (nSPS) is 11.3. The van der Waals surface area contributed by atoms with E-state index in [0.717, 1.165) is 32.2 Å². The number of thiophene rings is 1. The third-order valence-corrected chi connectivity index (χ3v) is 6.13. The molecule has 0 unspecified atom stereocenters. The minimum absolute atomic E-state index is 0.0120. The van der Waals surface area contributed by atoms with E-state index in [4.69, 9.17) is 9.72 Å². The lowest BCUT2D eigenvalue weighted by atomic mass is 10.0. The standard InChI is InChI=1S/C24H24N2O2S/c1-16-9-11-19(12-10-16)21-17(2)29-23-22(21)24(27)26(13-14-28-3)20(25-23)15-18-7-5-4-6-8-18/h4-12H,13-15H2,1-3H3. The van der Waals surface area contributed by atoms with Crippen LogP contribution in [0.2, 0.25) is 0 Å². The van der Waals surface area contributed by atoms with Gasteiger partial charge in [-0.3, -0.25) is 9.36 Å². The summed E-state index contributed by atoms with van der Waals surface area (Å²) < 4.78 is 7.05. The highest BCUT2D eigenvalue weighted by Gasteiger charge is 2.19. The van der Waals surface area contributed by atoms with Gasteiger partial charge in [-0.15, -0.1) is 11.3 Å². The Morgan fingerprint density at radius 3 is 2.45 bits per heavy atom. The third-order valence-electron chi connectivity index (χ3n) is 5.13. The zero-order valence-corrected chi connectivity index (χ0v) is 17.8. The van der Waals surface area contributed by atoms with E-state index in [1.54, 1.807) is 23.0 Å². The number of fused-ring (bicyclic) bond motifs is 1. The van der Waals surface area contributed by atoms with E-state index in [-0.39, 0.29) is 5.56 Å². The molecule has 2 aromatic carbocycles. The van der Waals surface area contributed by atoms with E-state index < -0.39 is 0 Å². The summed E-state index contributed by atoms with van der Waals surface area (Å²) in [5.74, 6) is 0.780. The lowest BCUT2D eigenvalue weighted by Crippen LogP contribution is -2.27. The van der Waals surface area contributed by atoms with Crippen molar-refractivity contribution in [2.75, 3.05) is 13.7 Å². The van der Waals surface area contributed by atoms with Crippen LogP contribution >= 0.6 is 11.3 Å². The monoisotopic (exact) mass is 404 g/mol. The highest BCUT2D eigenvalue weighted by Crippen LogP contribution is 2.36. The quantitative estimate of drug-likeness (QED) is 0.455. The molecule has 0 atom stereocenters. The first kappa shape index (κ1) is 19.6. The highest BCUT2D eigenvalue weighted by molar-refractivity contribution is 7.19. The summed E-state index contributed by atoms with van der Waals surface area (Å²) in [6.45, 7) is 5.09. The second kappa shape index (κ2) is 8.31. The van der Waals surface area contributed by atoms with Gasteiger partial charge in [0, 0.05) is 24.0 Å². The maximum atomic E-state index is 13.6. The van der Waals surface area contributed by atoms with Crippen LogP contribution in [-0.4, -0.2) is 23.3 Å². The molecule has 0 fully saturated rings. The summed E-state index contributed by atoms with van der Waals surface area (Å²) in [6.07, 6.45) is 0.618. The molecule has 4 nitrogen and oxygen atoms in total. The Kier molecular flexibility index (Phi) is 5.60. The van der Waals surface area contributed by atoms with Gasteiger partial charge in [0.25, 0.3) is 5.56 Å². The molecule has 0 aliphatic carbocycles. The predicted molar refractivity (Wildman–Crippen MR) is 120 cm³/mol. The molecule has 0 saturated carbocycles. The van der Waals surface area contributed by atoms with E-state index in [1.807, 2.05) is 18.2 Å². The van der Waals surface area contributed by atoms with Gasteiger partial charge in [-0.1, -0.05) is 60.2 Å². The maximum Gasteiger partial charge on any atom is 0.263 e. The molecule has 29 heavy (non-hydrogen) atoms. The van der Waals surface area contributed by atoms with E-state index in [1.165, 1.54) is 5.56 Å². The first-order valence-electron chi connectivity index (χ1n) is 9.71. The summed E-state index contributed by atoms with van der Waals surface area (Å²) in [6, 6.07) is 18.5. The second-order valence-electron chi connectivity index (χ2n) is 7.22. The average molecular weight is 405 g/mol. The Hall–Kier alpha value is -2.76. The fourth-order valence-electron chi connectivity index (χ4n) is 3.63. The van der Waals surface area contributed by atoms with Gasteiger partial charge in [0.05, 0.1) is 18.5 Å². The van der Waals surface area contributed by atoms with Crippen molar-refractivity contribution in [3.8, 4) is 11.1 Å². The number of rotatable bonds is 6. The van der Waals surface area contributed by atoms with Gasteiger partial charge in [-0.25, -0.2) is 4.98 Å². The van der Waals surface area contributed by atoms with E-state index in [9.17, 15) is 4.79 Å². The van der Waals surface area contributed by atoms with E-state index >= 15 is 0 Å². The number of hydrogen-bond acceptors (Lipinski definition) is 4. The van der Waals surface area contributed by atoms with Gasteiger partial charge in [-0.2, -0.15) is 0 Å². The lowest BCUT2D eigenvalue weighted by Gasteiger charge is -2.13. The largest absolute Gasteiger partial charge is 0.383 e. The van der Waals surface area contributed by atoms with Crippen LogP contribution in [0, 0.1) is 13.8 Å². The average Bonchev–Trinajstić information content (AvgIpc) is 3.05. The van der Waals surface area contributed by atoms with Crippen LogP contribution in [0.3, 0.4) is 0 Å². The van der Waals surface area contributed by atoms with Crippen LogP contribution in [0.4, 0.5) is 0 Å². The molecule has 5 heteroatoms. The molecule has 2 heterocycles. The highest BCUT2D eigenvalue weighted by atomic mass is 32.1. The molecular formula is C24H24N2O2S. The topological polar surface area (TPSA) is 44.1 Å². The van der Waals surface area contributed by atoms with Crippen LogP contribution in [0.15, 0.2) is 59.4 Å². The summed E-state index contributed by atoms with van der Waals surface area (Å²) in [5, 5.41) is 0.712. The molecule has 148 valence electrons. The van der Waals surface area contributed by atoms with Gasteiger partial charge < -0.3 is 4.74 Å². The van der Waals surface area contributed by atoms with Crippen molar-refractivity contribution in [2.45, 2.75) is 26.8 Å². The number of nitrogens with zero attached hydrogens (tertiary/aromatic N) is 2. The zero-order valence-electron chi connectivity index (χ0n) is 16.9. The summed E-state index contributed by atoms with van der Waals surface area (Å²) in [7, 11) is 1.65. The molecule has 0 aliphatic heterocycles. The summed E-state index contributed by atoms with van der Waals surface area (Å²) in [5.41, 5.74) is 4.41. The van der Waals surface area contributed by atoms with Crippen LogP contribution in [0.5, 0.6) is 0 Å².